The number of aromatic nitrogens is 2. The zero-order valence-electron chi connectivity index (χ0n) is 16.3. The minimum Gasteiger partial charge on any atom is -0.356 e. The van der Waals surface area contributed by atoms with Crippen LogP contribution in [0.15, 0.2) is 42.6 Å². The van der Waals surface area contributed by atoms with Gasteiger partial charge in [0.05, 0.1) is 16.9 Å². The Morgan fingerprint density at radius 2 is 1.93 bits per heavy atom. The number of nitrogens with zero attached hydrogens (tertiary/aromatic N) is 1. The third-order valence-corrected chi connectivity index (χ3v) is 5.55. The van der Waals surface area contributed by atoms with E-state index in [1.165, 1.54) is 12.1 Å². The molecule has 6 nitrogen and oxygen atoms in total. The molecule has 0 bridgehead atoms. The molecule has 1 aromatic carbocycles. The molecule has 0 unspecified atom stereocenters. The molecule has 3 N–H and O–H groups in total. The van der Waals surface area contributed by atoms with Gasteiger partial charge >= 0.3 is 0 Å². The summed E-state index contributed by atoms with van der Waals surface area (Å²) in [4.78, 5) is 32.5. The highest BCUT2D eigenvalue weighted by Crippen LogP contribution is 2.39. The number of hydrogen-bond donors (Lipinski definition) is 3. The van der Waals surface area contributed by atoms with E-state index in [9.17, 15) is 14.0 Å². The summed E-state index contributed by atoms with van der Waals surface area (Å²) in [7, 11) is 0. The van der Waals surface area contributed by atoms with Gasteiger partial charge in [0.15, 0.2) is 5.78 Å². The van der Waals surface area contributed by atoms with E-state index in [4.69, 9.17) is 0 Å². The van der Waals surface area contributed by atoms with Crippen molar-refractivity contribution in [3.05, 3.63) is 59.7 Å². The summed E-state index contributed by atoms with van der Waals surface area (Å²) in [5.74, 6) is 0.320. The minimum absolute atomic E-state index is 0.00901. The second kappa shape index (κ2) is 7.40. The first kappa shape index (κ1) is 18.5. The largest absolute Gasteiger partial charge is 0.356 e. The number of H-pyrrole nitrogens is 1. The van der Waals surface area contributed by atoms with Crippen molar-refractivity contribution >= 4 is 28.9 Å². The first-order valence-electron chi connectivity index (χ1n) is 10.2. The zero-order valence-corrected chi connectivity index (χ0v) is 16.3. The van der Waals surface area contributed by atoms with E-state index in [0.29, 0.717) is 29.2 Å². The van der Waals surface area contributed by atoms with Crippen LogP contribution >= 0.6 is 0 Å². The fraction of sp³-hybridized carbons (Fsp3) is 0.261. The Hall–Kier alpha value is -3.48. The summed E-state index contributed by atoms with van der Waals surface area (Å²) in [6.45, 7) is 0. The second-order valence-corrected chi connectivity index (χ2v) is 7.83. The lowest BCUT2D eigenvalue weighted by Gasteiger charge is -2.14. The van der Waals surface area contributed by atoms with Gasteiger partial charge in [0.25, 0.3) is 0 Å². The van der Waals surface area contributed by atoms with Gasteiger partial charge in [0.1, 0.15) is 11.6 Å². The van der Waals surface area contributed by atoms with Gasteiger partial charge in [0.2, 0.25) is 5.91 Å². The first-order valence-corrected chi connectivity index (χ1v) is 10.2. The van der Waals surface area contributed by atoms with Crippen molar-refractivity contribution in [2.75, 3.05) is 10.6 Å². The lowest BCUT2D eigenvalue weighted by Crippen LogP contribution is -2.14. The number of halogens is 1. The summed E-state index contributed by atoms with van der Waals surface area (Å²) >= 11 is 0. The fourth-order valence-electron chi connectivity index (χ4n) is 3.84. The Kier molecular flexibility index (Phi) is 4.58. The van der Waals surface area contributed by atoms with Gasteiger partial charge in [-0.2, -0.15) is 0 Å². The summed E-state index contributed by atoms with van der Waals surface area (Å²) in [5, 5.41) is 6.17. The molecule has 2 aromatic heterocycles. The van der Waals surface area contributed by atoms with Gasteiger partial charge < -0.3 is 15.6 Å². The molecule has 0 spiro atoms. The van der Waals surface area contributed by atoms with Crippen LogP contribution in [0.2, 0.25) is 0 Å². The van der Waals surface area contributed by atoms with E-state index in [0.717, 1.165) is 42.6 Å². The van der Waals surface area contributed by atoms with Crippen LogP contribution < -0.4 is 10.6 Å². The smallest absolute Gasteiger partial charge is 0.228 e. The molecule has 0 radical (unpaired) electrons. The number of Topliss-reactive ketones (excluding diaryl/α,β-unsaturated/α-hetero) is 1. The van der Waals surface area contributed by atoms with E-state index in [1.54, 1.807) is 24.4 Å². The van der Waals surface area contributed by atoms with Crippen molar-refractivity contribution in [3.8, 4) is 11.3 Å². The topological polar surface area (TPSA) is 86.9 Å². The molecular formula is C23H21FN4O2. The molecule has 0 saturated heterocycles. The molecule has 0 aliphatic heterocycles. The van der Waals surface area contributed by atoms with Crippen molar-refractivity contribution in [3.63, 3.8) is 0 Å². The average molecular weight is 404 g/mol. The third kappa shape index (κ3) is 3.58. The highest BCUT2D eigenvalue weighted by molar-refractivity contribution is 6.07. The van der Waals surface area contributed by atoms with Crippen LogP contribution in [0.25, 0.3) is 11.3 Å². The van der Waals surface area contributed by atoms with Crippen molar-refractivity contribution in [1.82, 2.24) is 9.97 Å². The Balaban J connectivity index is 1.55. The number of benzene rings is 1. The lowest BCUT2D eigenvalue weighted by molar-refractivity contribution is -0.117. The van der Waals surface area contributed by atoms with E-state index in [1.807, 2.05) is 6.07 Å². The van der Waals surface area contributed by atoms with Crippen LogP contribution in [-0.4, -0.2) is 21.7 Å². The molecule has 30 heavy (non-hydrogen) atoms. The number of hydrogen-bond acceptors (Lipinski definition) is 4. The number of fused-ring (bicyclic) bond motifs is 1. The Morgan fingerprint density at radius 3 is 2.70 bits per heavy atom. The number of aromatic amines is 1. The van der Waals surface area contributed by atoms with Crippen LogP contribution in [-0.2, 0) is 11.2 Å². The van der Waals surface area contributed by atoms with Crippen molar-refractivity contribution < 1.29 is 14.0 Å². The quantitative estimate of drug-likeness (QED) is 0.569. The number of amides is 1. The van der Waals surface area contributed by atoms with Crippen LogP contribution in [0.3, 0.4) is 0 Å². The molecule has 2 heterocycles. The predicted molar refractivity (Wildman–Crippen MR) is 112 cm³/mol. The average Bonchev–Trinajstić information content (AvgIpc) is 3.53. The van der Waals surface area contributed by atoms with Gasteiger partial charge in [0, 0.05) is 35.5 Å². The van der Waals surface area contributed by atoms with Crippen molar-refractivity contribution in [1.29, 1.82) is 0 Å². The van der Waals surface area contributed by atoms with E-state index in [-0.39, 0.29) is 23.4 Å². The molecule has 152 valence electrons. The maximum absolute atomic E-state index is 13.3. The van der Waals surface area contributed by atoms with Gasteiger partial charge in [-0.15, -0.1) is 0 Å². The van der Waals surface area contributed by atoms with Crippen LogP contribution in [0.5, 0.6) is 0 Å². The van der Waals surface area contributed by atoms with Crippen LogP contribution in [0.1, 0.15) is 41.7 Å². The van der Waals surface area contributed by atoms with Gasteiger partial charge in [-0.3, -0.25) is 9.59 Å². The number of aryl methyl sites for hydroxylation is 1. The fourth-order valence-corrected chi connectivity index (χ4v) is 3.84. The number of ketones is 1. The maximum Gasteiger partial charge on any atom is 0.228 e. The molecule has 1 saturated carbocycles. The highest BCUT2D eigenvalue weighted by atomic mass is 19.1. The van der Waals surface area contributed by atoms with E-state index in [2.05, 4.69) is 20.6 Å². The molecule has 3 aromatic rings. The number of rotatable bonds is 5. The standard InChI is InChI=1S/C23H21FN4O2/c24-15-6-8-16(9-7-15)26-22-20-17(2-1-3-18(20)29)27-21(22)14-10-11-25-19(12-14)28-23(30)13-4-5-13/h6-13,26-27H,1-5H2,(H,25,28,30). The highest BCUT2D eigenvalue weighted by Gasteiger charge is 2.30. The molecule has 0 atom stereocenters. The first-order chi connectivity index (χ1) is 14.6. The van der Waals surface area contributed by atoms with Gasteiger partial charge in [-0.25, -0.2) is 9.37 Å². The molecule has 2 aliphatic carbocycles. The minimum atomic E-state index is -0.321. The number of nitrogens with one attached hydrogen (secondary N) is 3. The Morgan fingerprint density at radius 1 is 1.13 bits per heavy atom. The maximum atomic E-state index is 13.3. The van der Waals surface area contributed by atoms with E-state index < -0.39 is 0 Å². The summed E-state index contributed by atoms with van der Waals surface area (Å²) in [6, 6.07) is 9.67. The van der Waals surface area contributed by atoms with Crippen LogP contribution in [0, 0.1) is 11.7 Å². The molecule has 1 fully saturated rings. The van der Waals surface area contributed by atoms with E-state index >= 15 is 0 Å². The SMILES string of the molecule is O=C1CCCc2[nH]c(-c3ccnc(NC(=O)C4CC4)c3)c(Nc3ccc(F)cc3)c21. The number of anilines is 3. The lowest BCUT2D eigenvalue weighted by atomic mass is 9.95. The third-order valence-electron chi connectivity index (χ3n) is 5.55. The monoisotopic (exact) mass is 404 g/mol. The number of carbonyl (C=O) groups is 2. The Bertz CT molecular complexity index is 1130. The van der Waals surface area contributed by atoms with Gasteiger partial charge in [-0.05, 0) is 62.1 Å². The zero-order chi connectivity index (χ0) is 20.7. The normalized spacial score (nSPS) is 15.6. The molecule has 5 rings (SSSR count). The van der Waals surface area contributed by atoms with Crippen molar-refractivity contribution in [2.24, 2.45) is 5.92 Å². The summed E-state index contributed by atoms with van der Waals surface area (Å²) in [6.07, 6.45) is 5.57. The molecule has 2 aliphatic rings. The van der Waals surface area contributed by atoms with Crippen molar-refractivity contribution in [2.45, 2.75) is 32.1 Å². The molecular weight excluding hydrogens is 383 g/mol. The summed E-state index contributed by atoms with van der Waals surface area (Å²) < 4.78 is 13.3. The van der Waals surface area contributed by atoms with Gasteiger partial charge in [-0.1, -0.05) is 0 Å². The number of carbonyl (C=O) groups excluding carboxylic acids is 2. The summed E-state index contributed by atoms with van der Waals surface area (Å²) in [5.41, 5.74) is 4.47. The van der Waals surface area contributed by atoms with Crippen LogP contribution in [0.4, 0.5) is 21.6 Å². The predicted octanol–water partition coefficient (Wildman–Crippen LogP) is 4.83. The number of pyridine rings is 1. The second-order valence-electron chi connectivity index (χ2n) is 7.83. The Labute approximate surface area is 172 Å². The molecule has 7 heteroatoms. The molecule has 1 amide bonds.